The highest BCUT2D eigenvalue weighted by molar-refractivity contribution is 7.88. The molecule has 0 atom stereocenters. The average Bonchev–Trinajstić information content (AvgIpc) is 2.91. The Hall–Kier alpha value is -2.19. The van der Waals surface area contributed by atoms with Crippen molar-refractivity contribution < 1.29 is 18.3 Å². The minimum atomic E-state index is -3.46. The highest BCUT2D eigenvalue weighted by atomic mass is 32.2. The number of aromatic nitrogens is 2. The Morgan fingerprint density at radius 2 is 2.00 bits per heavy atom. The van der Waals surface area contributed by atoms with E-state index < -0.39 is 16.0 Å². The van der Waals surface area contributed by atoms with E-state index in [0.717, 1.165) is 0 Å². The highest BCUT2D eigenvalue weighted by Crippen LogP contribution is 2.08. The summed E-state index contributed by atoms with van der Waals surface area (Å²) in [4.78, 5) is 17.6. The molecule has 1 heterocycles. The number of nitrogens with zero attached hydrogens (tertiary/aromatic N) is 1. The van der Waals surface area contributed by atoms with Crippen molar-refractivity contribution >= 4 is 16.0 Å². The molecular weight excluding hydrogens is 294 g/mol. The number of aromatic carboxylic acids is 1. The number of aromatic amines is 1. The predicted octanol–water partition coefficient (Wildman–Crippen LogP) is 0.770. The van der Waals surface area contributed by atoms with E-state index in [9.17, 15) is 13.2 Å². The zero-order valence-electron chi connectivity index (χ0n) is 11.1. The third-order valence-electron chi connectivity index (χ3n) is 2.80. The van der Waals surface area contributed by atoms with Gasteiger partial charge in [-0.3, -0.25) is 0 Å². The van der Waals surface area contributed by atoms with Gasteiger partial charge in [-0.25, -0.2) is 22.9 Å². The number of H-pyrrole nitrogens is 1. The maximum absolute atomic E-state index is 11.9. The summed E-state index contributed by atoms with van der Waals surface area (Å²) in [6.45, 7) is 0.253. The Labute approximate surface area is 122 Å². The lowest BCUT2D eigenvalue weighted by atomic mass is 10.1. The van der Waals surface area contributed by atoms with Gasteiger partial charge in [-0.15, -0.1) is 0 Å². The summed E-state index contributed by atoms with van der Waals surface area (Å²) in [5.41, 5.74) is 0.660. The molecule has 0 aliphatic carbocycles. The number of hydrogen-bond acceptors (Lipinski definition) is 4. The van der Waals surface area contributed by atoms with Crippen molar-refractivity contribution in [3.63, 3.8) is 0 Å². The zero-order chi connectivity index (χ0) is 15.3. The molecule has 3 N–H and O–H groups in total. The molecule has 0 aliphatic heterocycles. The van der Waals surface area contributed by atoms with E-state index in [1.165, 1.54) is 24.3 Å². The molecule has 1 aromatic carbocycles. The number of benzene rings is 1. The fraction of sp³-hybridized carbons (Fsp3) is 0.231. The van der Waals surface area contributed by atoms with Gasteiger partial charge in [0.25, 0.3) is 0 Å². The van der Waals surface area contributed by atoms with Crippen LogP contribution in [0.25, 0.3) is 0 Å². The number of hydrogen-bond donors (Lipinski definition) is 3. The van der Waals surface area contributed by atoms with E-state index in [1.807, 2.05) is 0 Å². The molecule has 0 saturated carbocycles. The molecule has 0 fully saturated rings. The summed E-state index contributed by atoms with van der Waals surface area (Å²) >= 11 is 0. The minimum Gasteiger partial charge on any atom is -0.478 e. The van der Waals surface area contributed by atoms with Gasteiger partial charge in [0.15, 0.2) is 0 Å². The minimum absolute atomic E-state index is 0.127. The summed E-state index contributed by atoms with van der Waals surface area (Å²) in [7, 11) is -3.46. The Morgan fingerprint density at radius 3 is 2.57 bits per heavy atom. The van der Waals surface area contributed by atoms with Crippen LogP contribution in [0.1, 0.15) is 21.7 Å². The van der Waals surface area contributed by atoms with Crippen LogP contribution in [0.5, 0.6) is 0 Å². The summed E-state index contributed by atoms with van der Waals surface area (Å²) in [5, 5.41) is 8.78. The number of imidazole rings is 1. The predicted molar refractivity (Wildman–Crippen MR) is 76.3 cm³/mol. The SMILES string of the molecule is O=C(O)c1ccc(CS(=O)(=O)NCCc2ncc[nH]2)cc1. The summed E-state index contributed by atoms with van der Waals surface area (Å²) in [5.74, 6) is -0.519. The van der Waals surface area contributed by atoms with Crippen LogP contribution in [-0.4, -0.2) is 36.0 Å². The van der Waals surface area contributed by atoms with Crippen LogP contribution in [0.3, 0.4) is 0 Å². The average molecular weight is 309 g/mol. The lowest BCUT2D eigenvalue weighted by Crippen LogP contribution is -2.27. The monoisotopic (exact) mass is 309 g/mol. The van der Waals surface area contributed by atoms with Crippen LogP contribution < -0.4 is 4.72 Å². The Balaban J connectivity index is 1.89. The molecule has 0 amide bonds. The van der Waals surface area contributed by atoms with Crippen LogP contribution in [-0.2, 0) is 22.2 Å². The quantitative estimate of drug-likeness (QED) is 0.699. The number of carboxylic acid groups (broad SMARTS) is 1. The van der Waals surface area contributed by atoms with Crippen LogP contribution in [0.2, 0.25) is 0 Å². The highest BCUT2D eigenvalue weighted by Gasteiger charge is 2.12. The van der Waals surface area contributed by atoms with Gasteiger partial charge in [0.1, 0.15) is 5.82 Å². The smallest absolute Gasteiger partial charge is 0.335 e. The maximum atomic E-state index is 11.9. The van der Waals surface area contributed by atoms with E-state index in [0.29, 0.717) is 17.8 Å². The second-order valence-electron chi connectivity index (χ2n) is 4.44. The maximum Gasteiger partial charge on any atom is 0.335 e. The molecular formula is C13H15N3O4S. The standard InChI is InChI=1S/C13H15N3O4S/c17-13(18)11-3-1-10(2-4-11)9-21(19,20)16-6-5-12-14-7-8-15-12/h1-4,7-8,16H,5-6,9H2,(H,14,15)(H,17,18). The van der Waals surface area contributed by atoms with Crippen molar-refractivity contribution in [1.82, 2.24) is 14.7 Å². The van der Waals surface area contributed by atoms with Crippen molar-refractivity contribution in [3.8, 4) is 0 Å². The lowest BCUT2D eigenvalue weighted by Gasteiger charge is -2.06. The second kappa shape index (κ2) is 6.51. The molecule has 21 heavy (non-hydrogen) atoms. The first-order valence-corrected chi connectivity index (χ1v) is 7.89. The number of carboxylic acids is 1. The van der Waals surface area contributed by atoms with E-state index in [2.05, 4.69) is 14.7 Å². The normalized spacial score (nSPS) is 11.4. The van der Waals surface area contributed by atoms with Crippen molar-refractivity contribution in [3.05, 3.63) is 53.6 Å². The molecule has 2 aromatic rings. The molecule has 7 nitrogen and oxygen atoms in total. The summed E-state index contributed by atoms with van der Waals surface area (Å²) in [6, 6.07) is 5.76. The summed E-state index contributed by atoms with van der Waals surface area (Å²) in [6.07, 6.45) is 3.76. The van der Waals surface area contributed by atoms with Gasteiger partial charge < -0.3 is 10.1 Å². The molecule has 0 spiro atoms. The zero-order valence-corrected chi connectivity index (χ0v) is 11.9. The van der Waals surface area contributed by atoms with Crippen LogP contribution in [0.4, 0.5) is 0 Å². The molecule has 8 heteroatoms. The van der Waals surface area contributed by atoms with Gasteiger partial charge in [-0.2, -0.15) is 0 Å². The fourth-order valence-electron chi connectivity index (χ4n) is 1.77. The Morgan fingerprint density at radius 1 is 1.29 bits per heavy atom. The molecule has 0 radical (unpaired) electrons. The van der Waals surface area contributed by atoms with E-state index in [1.54, 1.807) is 12.4 Å². The largest absolute Gasteiger partial charge is 0.478 e. The van der Waals surface area contributed by atoms with Crippen LogP contribution in [0, 0.1) is 0 Å². The first kappa shape index (κ1) is 15.2. The fourth-order valence-corrected chi connectivity index (χ4v) is 2.92. The molecule has 112 valence electrons. The number of sulfonamides is 1. The van der Waals surface area contributed by atoms with Gasteiger partial charge >= 0.3 is 5.97 Å². The van der Waals surface area contributed by atoms with E-state index >= 15 is 0 Å². The Bertz CT molecular complexity index is 694. The second-order valence-corrected chi connectivity index (χ2v) is 6.25. The molecule has 0 bridgehead atoms. The van der Waals surface area contributed by atoms with Crippen molar-refractivity contribution in [2.45, 2.75) is 12.2 Å². The van der Waals surface area contributed by atoms with E-state index in [4.69, 9.17) is 5.11 Å². The van der Waals surface area contributed by atoms with Gasteiger partial charge in [-0.1, -0.05) is 12.1 Å². The number of rotatable bonds is 7. The first-order valence-electron chi connectivity index (χ1n) is 6.24. The lowest BCUT2D eigenvalue weighted by molar-refractivity contribution is 0.0697. The summed E-state index contributed by atoms with van der Waals surface area (Å²) < 4.78 is 26.3. The molecule has 0 aliphatic rings. The number of carbonyl (C=O) groups is 1. The molecule has 0 unspecified atom stereocenters. The number of nitrogens with one attached hydrogen (secondary N) is 2. The third-order valence-corrected chi connectivity index (χ3v) is 4.15. The van der Waals surface area contributed by atoms with Crippen molar-refractivity contribution in [2.75, 3.05) is 6.54 Å². The van der Waals surface area contributed by atoms with Crippen molar-refractivity contribution in [2.24, 2.45) is 0 Å². The van der Waals surface area contributed by atoms with Gasteiger partial charge in [-0.05, 0) is 17.7 Å². The van der Waals surface area contributed by atoms with Crippen LogP contribution >= 0.6 is 0 Å². The van der Waals surface area contributed by atoms with Gasteiger partial charge in [0.05, 0.1) is 11.3 Å². The molecule has 0 saturated heterocycles. The molecule has 2 rings (SSSR count). The van der Waals surface area contributed by atoms with Crippen LogP contribution in [0.15, 0.2) is 36.7 Å². The van der Waals surface area contributed by atoms with Gasteiger partial charge in [0, 0.05) is 25.4 Å². The van der Waals surface area contributed by atoms with Gasteiger partial charge in [0.2, 0.25) is 10.0 Å². The third kappa shape index (κ3) is 4.69. The van der Waals surface area contributed by atoms with E-state index in [-0.39, 0.29) is 17.9 Å². The topological polar surface area (TPSA) is 112 Å². The molecule has 1 aromatic heterocycles. The first-order chi connectivity index (χ1) is 9.96. The van der Waals surface area contributed by atoms with Crippen molar-refractivity contribution in [1.29, 1.82) is 0 Å². The Kier molecular flexibility index (Phi) is 4.71.